The summed E-state index contributed by atoms with van der Waals surface area (Å²) in [7, 11) is 0.396. The average Bonchev–Trinajstić information content (AvgIpc) is 3.06. The number of aliphatic hydroxyl groups excluding tert-OH is 1. The molecule has 0 radical (unpaired) electrons. The van der Waals surface area contributed by atoms with Gasteiger partial charge in [-0.2, -0.15) is 0 Å². The van der Waals surface area contributed by atoms with Gasteiger partial charge in [-0.15, -0.1) is 0 Å². The molecule has 1 saturated heterocycles. The first-order valence-corrected chi connectivity index (χ1v) is 10.5. The van der Waals surface area contributed by atoms with Gasteiger partial charge in [0.25, 0.3) is 0 Å². The Morgan fingerprint density at radius 3 is 2.83 bits per heavy atom. The predicted octanol–water partition coefficient (Wildman–Crippen LogP) is 2.52. The maximum atomic E-state index is 14.3. The number of nitrogens with zero attached hydrogens (tertiary/aromatic N) is 3. The number of amides is 1. The van der Waals surface area contributed by atoms with Crippen molar-refractivity contribution in [2.24, 2.45) is 0 Å². The van der Waals surface area contributed by atoms with E-state index >= 15 is 0 Å². The van der Waals surface area contributed by atoms with Gasteiger partial charge in [0.05, 0.1) is 6.10 Å². The zero-order valence-electron chi connectivity index (χ0n) is 15.5. The van der Waals surface area contributed by atoms with Crippen molar-refractivity contribution in [2.75, 3.05) is 23.9 Å². The third kappa shape index (κ3) is 3.98. The average molecular weight is 644 g/mol. The van der Waals surface area contributed by atoms with E-state index in [4.69, 9.17) is 9.47 Å². The number of anilines is 2. The molecular weight excluding hydrogens is 625 g/mol. The number of hydrogen-bond acceptors (Lipinski definition) is 7. The summed E-state index contributed by atoms with van der Waals surface area (Å²) in [6.45, 7) is 3.15. The number of benzene rings is 1. The van der Waals surface area contributed by atoms with E-state index in [9.17, 15) is 18.7 Å². The fraction of sp³-hybridized carbons (Fsp3) is 0.389. The van der Waals surface area contributed by atoms with Gasteiger partial charge in [0.15, 0.2) is 0 Å². The van der Waals surface area contributed by atoms with E-state index in [1.807, 2.05) is 0 Å². The third-order valence-electron chi connectivity index (χ3n) is 4.42. The summed E-state index contributed by atoms with van der Waals surface area (Å²) >= 11 is 0. The molecular formula is C18H19CfF2N4O4. The first kappa shape index (κ1) is 19.7. The molecule has 29 heavy (non-hydrogen) atoms. The molecule has 11 heteroatoms. The van der Waals surface area contributed by atoms with Gasteiger partial charge in [-0.3, -0.25) is 0 Å². The van der Waals surface area contributed by atoms with Gasteiger partial charge in [-0.25, -0.2) is 9.18 Å². The monoisotopic (exact) mass is 642 g/mol. The van der Waals surface area contributed by atoms with Gasteiger partial charge in [0.2, 0.25) is 0 Å². The molecule has 1 aromatic carbocycles. The molecule has 0 spiro atoms. The van der Waals surface area contributed by atoms with Crippen LogP contribution in [0.15, 0.2) is 24.4 Å². The number of aromatic nitrogens is 2. The second-order valence-corrected chi connectivity index (χ2v) is 7.17. The van der Waals surface area contributed by atoms with E-state index < -0.39 is 35.9 Å². The normalized spacial score (nSPS) is 18.4. The summed E-state index contributed by atoms with van der Waals surface area (Å²) < 4.78 is 40.0. The molecule has 159 valence electrons. The van der Waals surface area contributed by atoms with Crippen LogP contribution >= 0.6 is 0 Å². The molecule has 3 rings (SSSR count). The van der Waals surface area contributed by atoms with E-state index in [1.165, 1.54) is 19.1 Å². The summed E-state index contributed by atoms with van der Waals surface area (Å²) in [5, 5.41) is 12.8. The van der Waals surface area contributed by atoms with Crippen molar-refractivity contribution in [1.29, 1.82) is 0 Å². The second kappa shape index (κ2) is 7.93. The van der Waals surface area contributed by atoms with Gasteiger partial charge < -0.3 is 9.84 Å². The quantitative estimate of drug-likeness (QED) is 0.479. The van der Waals surface area contributed by atoms with Crippen LogP contribution in [0.25, 0.3) is 0 Å². The van der Waals surface area contributed by atoms with E-state index in [2.05, 4.69) is 15.3 Å². The van der Waals surface area contributed by atoms with E-state index in [-0.39, 0.29) is 24.1 Å². The molecule has 0 unspecified atom stereocenters. The molecule has 0 bridgehead atoms. The van der Waals surface area contributed by atoms with Crippen LogP contribution in [0.5, 0.6) is 5.75 Å². The Hall–Kier alpha value is -4.01. The molecule has 1 aliphatic rings. The summed E-state index contributed by atoms with van der Waals surface area (Å²) in [4.78, 5) is 20.9. The molecule has 2 heterocycles. The van der Waals surface area contributed by atoms with E-state index in [1.54, 1.807) is 13.0 Å². The number of hydrogen-bond donors (Lipinski definition) is 2. The molecule has 1 amide bonds. The number of rotatable bonds is 7. The van der Waals surface area contributed by atoms with Gasteiger partial charge in [0.1, 0.15) is 12.6 Å². The minimum atomic E-state index is -0.946. The fourth-order valence-electron chi connectivity index (χ4n) is 2.86. The van der Waals surface area contributed by atoms with Crippen LogP contribution in [0.1, 0.15) is 25.5 Å². The number of carbonyl (C=O) groups excluding carboxylic acids is 1. The van der Waals surface area contributed by atoms with Gasteiger partial charge in [-0.05, 0) is 6.92 Å². The zero-order chi connectivity index (χ0) is 21.1. The van der Waals surface area contributed by atoms with Gasteiger partial charge in [-0.1, -0.05) is 0 Å². The van der Waals surface area contributed by atoms with Gasteiger partial charge >= 0.3 is 115 Å². The Morgan fingerprint density at radius 1 is 1.41 bits per heavy atom. The number of cyclic esters (lactones) is 1. The fourth-order valence-corrected chi connectivity index (χ4v) is 3.27. The number of carbonyl (C=O) groups is 1. The van der Waals surface area contributed by atoms with Crippen LogP contribution in [-0.2, 0) is 4.74 Å². The van der Waals surface area contributed by atoms with Crippen molar-refractivity contribution in [1.82, 2.24) is 9.97 Å². The van der Waals surface area contributed by atoms with Crippen molar-refractivity contribution in [3.63, 3.8) is 0 Å². The van der Waals surface area contributed by atoms with Crippen LogP contribution in [-0.4, -0.2) is 47.0 Å². The predicted molar refractivity (Wildman–Crippen MR) is 95.2 cm³/mol. The van der Waals surface area contributed by atoms with Crippen molar-refractivity contribution in [2.45, 2.75) is 32.0 Å². The van der Waals surface area contributed by atoms with Crippen LogP contribution < -0.4 is 15.0 Å². The molecule has 1 aliphatic heterocycles. The second-order valence-electron chi connectivity index (χ2n) is 6.41. The Kier molecular flexibility index (Phi) is 5.40. The maximum absolute atomic E-state index is 14.3. The van der Waals surface area contributed by atoms with E-state index in [0.717, 1.165) is 11.1 Å². The Bertz CT molecular complexity index is 902. The van der Waals surface area contributed by atoms with Crippen LogP contribution in [0.3, 0.4) is 0 Å². The van der Waals surface area contributed by atoms with Crippen LogP contribution in [0.2, 0.25) is 0 Å². The molecule has 0 saturated carbocycles. The molecule has 3 atom stereocenters. The van der Waals surface area contributed by atoms with Crippen molar-refractivity contribution in [3.05, 3.63) is 41.6 Å². The van der Waals surface area contributed by atoms with Crippen molar-refractivity contribution >= 4 is 17.9 Å². The van der Waals surface area contributed by atoms with Crippen LogP contribution in [0, 0.1) is 11.6 Å². The summed E-state index contributed by atoms with van der Waals surface area (Å²) in [6, 6.07) is 3.38. The molecule has 8 nitrogen and oxygen atoms in total. The third-order valence-corrected chi connectivity index (χ3v) is 4.80. The first-order chi connectivity index (χ1) is 13.8. The van der Waals surface area contributed by atoms with Crippen LogP contribution in [0.4, 0.5) is 25.3 Å². The standard InChI is InChI=1S/C18H19F2N4O4.Cf/c1-9(11-4-5-15(27-3)12(19)6-11)22-17-21-7-13(20)16(23-17)24-14(10(2)25)8-28-18(24)26;/h4-7,9-10,14,25H,3,8H2,1-2H3,(H,21,22,23);/t9-,10+,14+;/m0./s1. The first-order valence-electron chi connectivity index (χ1n) is 8.68. The molecule has 1 aromatic heterocycles. The van der Waals surface area contributed by atoms with Gasteiger partial charge in [0, 0.05) is 0 Å². The Balaban J connectivity index is 1.83. The molecule has 1 fully saturated rings. The SMILES string of the molecule is C[C@H](Nc1ncc(F)c(N2C(=O)OC[C@@H]2[C@@H](C)O)n1)c1ccc(O[CH2][Cf])c(F)c1. The number of aliphatic hydroxyl groups is 1. The molecule has 2 aromatic rings. The summed E-state index contributed by atoms with van der Waals surface area (Å²) in [6.07, 6.45) is -0.830. The number of nitrogens with one attached hydrogen (secondary N) is 1. The Morgan fingerprint density at radius 2 is 2.17 bits per heavy atom. The minimum absolute atomic E-state index is 0.0363. The van der Waals surface area contributed by atoms with E-state index in [0.29, 0.717) is 12.7 Å². The number of ether oxygens (including phenoxy) is 2. The summed E-state index contributed by atoms with van der Waals surface area (Å²) in [5.74, 6) is -1.43. The molecule has 0 aliphatic carbocycles. The summed E-state index contributed by atoms with van der Waals surface area (Å²) in [5.41, 5.74) is 0.604. The Labute approximate surface area is 160 Å². The molecule has 2 N–H and O–H groups in total. The zero-order valence-corrected chi connectivity index (χ0v) is 18.2. The number of halogens is 2. The van der Waals surface area contributed by atoms with Crippen molar-refractivity contribution < 1.29 is 28.2 Å². The topological polar surface area (TPSA) is 96.8 Å². The van der Waals surface area contributed by atoms with Crippen molar-refractivity contribution in [3.8, 4) is 5.75 Å².